The molecule has 0 saturated carbocycles. The molecule has 2 aromatic rings. The van der Waals surface area contributed by atoms with Crippen LogP contribution in [0.4, 0.5) is 41.1 Å². The van der Waals surface area contributed by atoms with Crippen LogP contribution in [0.15, 0.2) is 48.7 Å². The number of allylic oxidation sites excluding steroid dienone is 1. The number of nitrogens with zero attached hydrogens (tertiary/aromatic N) is 4. The number of hydrogen-bond acceptors (Lipinski definition) is 13. The van der Waals surface area contributed by atoms with Crippen LogP contribution in [0.25, 0.3) is 0 Å². The van der Waals surface area contributed by atoms with Gasteiger partial charge in [-0.2, -0.15) is 0 Å². The lowest BCUT2D eigenvalue weighted by Crippen LogP contribution is -2.36. The number of morpholine rings is 2. The van der Waals surface area contributed by atoms with E-state index in [0.717, 1.165) is 17.8 Å². The van der Waals surface area contributed by atoms with E-state index < -0.39 is 74.2 Å². The van der Waals surface area contributed by atoms with Gasteiger partial charge in [-0.25, -0.2) is 18.4 Å². The van der Waals surface area contributed by atoms with Crippen LogP contribution < -0.4 is 30.7 Å². The Bertz CT molecular complexity index is 1910. The van der Waals surface area contributed by atoms with Crippen molar-refractivity contribution < 1.29 is 62.6 Å². The minimum atomic E-state index is -2.25. The number of esters is 2. The second-order valence-electron chi connectivity index (χ2n) is 11.5. The van der Waals surface area contributed by atoms with Crippen molar-refractivity contribution in [1.29, 1.82) is 0 Å². The Labute approximate surface area is 334 Å². The van der Waals surface area contributed by atoms with Crippen LogP contribution in [0.3, 0.4) is 0 Å². The number of anilines is 4. The minimum Gasteiger partial charge on any atom is -0.443 e. The van der Waals surface area contributed by atoms with Crippen LogP contribution in [0, 0.1) is 11.6 Å². The summed E-state index contributed by atoms with van der Waals surface area (Å²) in [7, 11) is 0. The highest BCUT2D eigenvalue weighted by molar-refractivity contribution is 5.90. The van der Waals surface area contributed by atoms with Gasteiger partial charge in [-0.05, 0) is 43.3 Å². The number of nitrogens with one attached hydrogen (secondary N) is 1. The average molecular weight is 789 g/mol. The molecule has 0 aliphatic carbocycles. The molecule has 0 bridgehead atoms. The van der Waals surface area contributed by atoms with Crippen molar-refractivity contribution in [3.05, 3.63) is 60.3 Å². The summed E-state index contributed by atoms with van der Waals surface area (Å²) in [5.74, 6) is -2.52. The first-order chi connectivity index (χ1) is 27.7. The van der Waals surface area contributed by atoms with Gasteiger partial charge in [0.25, 0.3) is 0 Å². The standard InChI is InChI=1S/C17H22FN3O3.C14H18FN3O3.C4H6O3.3CH4/c1-12(2)19-10-14-11-21(17(22)24-14)13-3-4-16(15(18)9-13)20-5-7-23-8-6-20;15-12-7-10(18-9-11(8-16)21-14(18)19)1-2-13(12)17-3-5-20-6-4-17;1-3(5)7-4(2)6;;;/h3-4,9,14,19H,1,5-8,10-11H2,2H3;1-2,7,11H,3-6,8-9,16H2;1-2H3;3*1H4/t14-;11-;;;;/m00..../s1/i7D2,8D2;5D2,6D2;;;;. The van der Waals surface area contributed by atoms with Crippen LogP contribution in [0.5, 0.6) is 0 Å². The summed E-state index contributed by atoms with van der Waals surface area (Å²) in [5.41, 5.74) is 6.88. The average Bonchev–Trinajstić information content (AvgIpc) is 3.65. The maximum absolute atomic E-state index is 14.7. The second kappa shape index (κ2) is 23.0. The molecule has 0 radical (unpaired) electrons. The van der Waals surface area contributed by atoms with Crippen LogP contribution in [-0.4, -0.2) is 115 Å². The van der Waals surface area contributed by atoms with E-state index in [2.05, 4.69) is 16.6 Å². The van der Waals surface area contributed by atoms with Gasteiger partial charge in [-0.3, -0.25) is 19.4 Å². The summed E-state index contributed by atoms with van der Waals surface area (Å²) in [6, 6.07) is 8.09. The fourth-order valence-electron chi connectivity index (χ4n) is 5.02. The predicted octanol–water partition coefficient (Wildman–Crippen LogP) is 5.06. The van der Waals surface area contributed by atoms with Crippen molar-refractivity contribution in [3.63, 3.8) is 0 Å². The molecule has 15 nitrogen and oxygen atoms in total. The predicted molar refractivity (Wildman–Crippen MR) is 209 cm³/mol. The maximum Gasteiger partial charge on any atom is 0.414 e. The fraction of sp³-hybridized carbons (Fsp3) is 0.526. The van der Waals surface area contributed by atoms with E-state index in [0.29, 0.717) is 17.9 Å². The molecule has 6 rings (SSSR count). The molecule has 308 valence electrons. The normalized spacial score (nSPS) is 24.5. The Balaban J connectivity index is 0.000000528. The molecule has 0 unspecified atom stereocenters. The van der Waals surface area contributed by atoms with Gasteiger partial charge in [0.1, 0.15) is 23.8 Å². The number of benzene rings is 2. The van der Waals surface area contributed by atoms with E-state index >= 15 is 0 Å². The third kappa shape index (κ3) is 14.0. The summed E-state index contributed by atoms with van der Waals surface area (Å²) in [6.07, 6.45) is -2.04. The highest BCUT2D eigenvalue weighted by Gasteiger charge is 2.33. The number of nitrogens with two attached hydrogens (primary N) is 1. The summed E-state index contributed by atoms with van der Waals surface area (Å²) >= 11 is 0. The van der Waals surface area contributed by atoms with Gasteiger partial charge in [-0.15, -0.1) is 0 Å². The SMILES string of the molecule is C.C.C.CC(=O)OC(C)=O.[2H]C1([2H])CN(c2ccc(N3C[C@H](CN)OC3=O)cc2F)CC([2H])([2H])O1.[2H]C1([2H])CN(c2ccc(N3C[C@H](CNC(=C)C)OC3=O)cc2F)CC([2H])([2H])O1. The van der Waals surface area contributed by atoms with E-state index in [4.69, 9.17) is 35.6 Å². The Morgan fingerprint density at radius 3 is 1.53 bits per heavy atom. The van der Waals surface area contributed by atoms with Crippen molar-refractivity contribution in [2.45, 2.75) is 55.3 Å². The van der Waals surface area contributed by atoms with Gasteiger partial charge >= 0.3 is 24.1 Å². The molecule has 2 amide bonds. The van der Waals surface area contributed by atoms with E-state index in [9.17, 15) is 28.0 Å². The molecule has 4 aliphatic heterocycles. The van der Waals surface area contributed by atoms with Gasteiger partial charge in [0.2, 0.25) is 0 Å². The summed E-state index contributed by atoms with van der Waals surface area (Å²) in [5, 5.41) is 3.00. The van der Waals surface area contributed by atoms with Crippen molar-refractivity contribution >= 4 is 46.9 Å². The molecular weight excluding hydrogens is 722 g/mol. The zero-order valence-corrected chi connectivity index (χ0v) is 28.8. The zero-order chi connectivity index (χ0) is 45.0. The molecule has 2 aromatic carbocycles. The van der Waals surface area contributed by atoms with Crippen LogP contribution >= 0.6 is 0 Å². The molecule has 4 heterocycles. The van der Waals surface area contributed by atoms with Crippen LogP contribution in [0.2, 0.25) is 0 Å². The topological polar surface area (TPSA) is 165 Å². The van der Waals surface area contributed by atoms with Crippen LogP contribution in [-0.2, 0) is 33.3 Å². The van der Waals surface area contributed by atoms with Crippen molar-refractivity contribution in [1.82, 2.24) is 5.32 Å². The number of amides is 2. The van der Waals surface area contributed by atoms with Crippen molar-refractivity contribution in [3.8, 4) is 0 Å². The van der Waals surface area contributed by atoms with Gasteiger partial charge in [-0.1, -0.05) is 28.9 Å². The zero-order valence-electron chi connectivity index (χ0n) is 36.8. The highest BCUT2D eigenvalue weighted by atomic mass is 19.1. The monoisotopic (exact) mass is 788 g/mol. The number of halogens is 2. The van der Waals surface area contributed by atoms with Gasteiger partial charge < -0.3 is 44.5 Å². The number of hydrogen-bond donors (Lipinski definition) is 2. The molecule has 4 aliphatic rings. The lowest BCUT2D eigenvalue weighted by atomic mass is 10.2. The third-order valence-electron chi connectivity index (χ3n) is 7.41. The number of cyclic esters (lactones) is 2. The number of ether oxygens (including phenoxy) is 5. The Kier molecular flexibility index (Phi) is 14.9. The summed E-state index contributed by atoms with van der Waals surface area (Å²) in [4.78, 5) is 48.6. The van der Waals surface area contributed by atoms with Crippen molar-refractivity contribution in [2.75, 3.05) is 98.2 Å². The van der Waals surface area contributed by atoms with E-state index in [1.54, 1.807) is 6.92 Å². The fourth-order valence-corrected chi connectivity index (χ4v) is 5.02. The van der Waals surface area contributed by atoms with Crippen molar-refractivity contribution in [2.24, 2.45) is 5.73 Å². The third-order valence-corrected chi connectivity index (χ3v) is 7.41. The lowest BCUT2D eigenvalue weighted by molar-refractivity contribution is -0.156. The number of carbonyl (C=O) groups is 4. The molecule has 17 heteroatoms. The molecule has 3 N–H and O–H groups in total. The first-order valence-electron chi connectivity index (χ1n) is 19.9. The smallest absolute Gasteiger partial charge is 0.414 e. The molecule has 4 fully saturated rings. The minimum absolute atomic E-state index is 0. The molecule has 2 atom stereocenters. The van der Waals surface area contributed by atoms with E-state index in [-0.39, 0.29) is 79.5 Å². The lowest BCUT2D eigenvalue weighted by Gasteiger charge is -2.29. The number of carbonyl (C=O) groups excluding carboxylic acids is 4. The first kappa shape index (κ1) is 35.7. The molecule has 0 spiro atoms. The van der Waals surface area contributed by atoms with E-state index in [1.807, 2.05) is 0 Å². The molecule has 4 saturated heterocycles. The molecular formula is C38H58F2N6O9. The second-order valence-corrected chi connectivity index (χ2v) is 11.5. The Morgan fingerprint density at radius 1 is 0.800 bits per heavy atom. The quantitative estimate of drug-likeness (QED) is 0.207. The highest BCUT2D eigenvalue weighted by Crippen LogP contribution is 2.30. The van der Waals surface area contributed by atoms with E-state index in [1.165, 1.54) is 57.7 Å². The largest absolute Gasteiger partial charge is 0.443 e. The summed E-state index contributed by atoms with van der Waals surface area (Å²) < 4.78 is 114. The number of rotatable bonds is 8. The van der Waals surface area contributed by atoms with Gasteiger partial charge in [0.05, 0.1) is 79.6 Å². The molecule has 0 aromatic heterocycles. The maximum atomic E-state index is 14.7. The van der Waals surface area contributed by atoms with Gasteiger partial charge in [0, 0.05) is 52.3 Å². The Hall–Kier alpha value is -5.00. The summed E-state index contributed by atoms with van der Waals surface area (Å²) in [6.45, 7) is -1.37. The van der Waals surface area contributed by atoms with Gasteiger partial charge in [0.15, 0.2) is 0 Å². The first-order valence-corrected chi connectivity index (χ1v) is 15.9. The molecule has 55 heavy (non-hydrogen) atoms. The van der Waals surface area contributed by atoms with Crippen LogP contribution in [0.1, 0.15) is 54.0 Å². The Morgan fingerprint density at radius 2 is 1.20 bits per heavy atom.